The van der Waals surface area contributed by atoms with Crippen LogP contribution in [0.25, 0.3) is 0 Å². The van der Waals surface area contributed by atoms with Crippen molar-refractivity contribution in [2.75, 3.05) is 6.54 Å². The average molecular weight is 286 g/mol. The van der Waals surface area contributed by atoms with Gasteiger partial charge in [-0.05, 0) is 31.0 Å². The van der Waals surface area contributed by atoms with Crippen molar-refractivity contribution in [1.82, 2.24) is 5.32 Å². The number of aliphatic hydroxyl groups is 1. The Morgan fingerprint density at radius 2 is 2.06 bits per heavy atom. The number of nitrogens with one attached hydrogen (secondary N) is 1. The van der Waals surface area contributed by atoms with Crippen LogP contribution < -0.4 is 5.32 Å². The monoisotopic (exact) mass is 285 g/mol. The first kappa shape index (κ1) is 13.2. The Balaban J connectivity index is 2.46. The van der Waals surface area contributed by atoms with E-state index >= 15 is 0 Å². The molecule has 1 atom stereocenters. The molecule has 16 heavy (non-hydrogen) atoms. The first-order valence-corrected chi connectivity index (χ1v) is 6.37. The second-order valence-electron chi connectivity index (χ2n) is 3.72. The third-order valence-corrected chi connectivity index (χ3v) is 2.87. The maximum atomic E-state index is 11.6. The summed E-state index contributed by atoms with van der Waals surface area (Å²) < 4.78 is 0. The van der Waals surface area contributed by atoms with Crippen LogP contribution in [0.1, 0.15) is 29.3 Å². The maximum Gasteiger partial charge on any atom is 0.251 e. The van der Waals surface area contributed by atoms with Gasteiger partial charge in [0.2, 0.25) is 0 Å². The lowest BCUT2D eigenvalue weighted by atomic mass is 10.1. The number of hydrogen-bond acceptors (Lipinski definition) is 2. The lowest BCUT2D eigenvalue weighted by Crippen LogP contribution is -2.26. The smallest absolute Gasteiger partial charge is 0.251 e. The molecule has 4 heteroatoms. The van der Waals surface area contributed by atoms with Gasteiger partial charge in [0, 0.05) is 17.4 Å². The normalized spacial score (nSPS) is 12.2. The molecule has 0 aliphatic rings. The van der Waals surface area contributed by atoms with Crippen LogP contribution >= 0.6 is 15.9 Å². The van der Waals surface area contributed by atoms with E-state index in [1.807, 2.05) is 12.1 Å². The zero-order chi connectivity index (χ0) is 12.0. The Kier molecular flexibility index (Phi) is 5.49. The third kappa shape index (κ3) is 4.33. The summed E-state index contributed by atoms with van der Waals surface area (Å²) in [7, 11) is 0. The molecule has 1 aromatic rings. The Labute approximate surface area is 104 Å². The fourth-order valence-corrected chi connectivity index (χ4v) is 1.62. The number of amides is 1. The first-order chi connectivity index (χ1) is 7.63. The van der Waals surface area contributed by atoms with Gasteiger partial charge in [-0.1, -0.05) is 28.1 Å². The van der Waals surface area contributed by atoms with Gasteiger partial charge in [0.25, 0.3) is 5.91 Å². The Bertz CT molecular complexity index is 335. The van der Waals surface area contributed by atoms with Crippen LogP contribution in [0, 0.1) is 0 Å². The van der Waals surface area contributed by atoms with E-state index in [-0.39, 0.29) is 12.0 Å². The van der Waals surface area contributed by atoms with Crippen molar-refractivity contribution in [1.29, 1.82) is 0 Å². The zero-order valence-corrected chi connectivity index (χ0v) is 10.8. The summed E-state index contributed by atoms with van der Waals surface area (Å²) in [5, 5.41) is 12.6. The van der Waals surface area contributed by atoms with Gasteiger partial charge in [0.15, 0.2) is 0 Å². The molecule has 2 N–H and O–H groups in total. The summed E-state index contributed by atoms with van der Waals surface area (Å²) in [6, 6.07) is 7.43. The molecule has 1 aromatic carbocycles. The largest absolute Gasteiger partial charge is 0.393 e. The van der Waals surface area contributed by atoms with Crippen LogP contribution in [0.3, 0.4) is 0 Å². The molecule has 1 unspecified atom stereocenters. The van der Waals surface area contributed by atoms with Crippen molar-refractivity contribution >= 4 is 21.8 Å². The fraction of sp³-hybridized carbons (Fsp3) is 0.417. The minimum absolute atomic E-state index is 0.0956. The van der Waals surface area contributed by atoms with E-state index in [1.165, 1.54) is 0 Å². The molecular formula is C12H16BrNO2. The van der Waals surface area contributed by atoms with Crippen molar-refractivity contribution in [3.63, 3.8) is 0 Å². The summed E-state index contributed by atoms with van der Waals surface area (Å²) in [4.78, 5) is 11.6. The highest BCUT2D eigenvalue weighted by Crippen LogP contribution is 2.07. The van der Waals surface area contributed by atoms with Crippen LogP contribution in [0.5, 0.6) is 0 Å². The number of halogens is 1. The lowest BCUT2D eigenvalue weighted by Gasteiger charge is -2.07. The van der Waals surface area contributed by atoms with E-state index in [9.17, 15) is 4.79 Å². The fourth-order valence-electron chi connectivity index (χ4n) is 1.24. The molecule has 0 saturated heterocycles. The molecule has 0 spiro atoms. The number of carbonyl (C=O) groups excluding carboxylic acids is 1. The Morgan fingerprint density at radius 1 is 1.44 bits per heavy atom. The maximum absolute atomic E-state index is 11.6. The molecular weight excluding hydrogens is 270 g/mol. The Hall–Kier alpha value is -0.870. The van der Waals surface area contributed by atoms with E-state index in [2.05, 4.69) is 21.2 Å². The molecule has 0 bridgehead atoms. The van der Waals surface area contributed by atoms with E-state index in [0.717, 1.165) is 10.9 Å². The zero-order valence-electron chi connectivity index (χ0n) is 9.24. The van der Waals surface area contributed by atoms with Crippen LogP contribution in [0.15, 0.2) is 24.3 Å². The number of alkyl halides is 1. The molecule has 88 valence electrons. The predicted octanol–water partition coefficient (Wildman–Crippen LogP) is 2.08. The van der Waals surface area contributed by atoms with Gasteiger partial charge in [0.05, 0.1) is 6.10 Å². The number of rotatable bonds is 5. The molecule has 3 nitrogen and oxygen atoms in total. The third-order valence-electron chi connectivity index (χ3n) is 2.22. The van der Waals surface area contributed by atoms with Crippen LogP contribution in [-0.2, 0) is 5.33 Å². The van der Waals surface area contributed by atoms with Crippen LogP contribution in [0.2, 0.25) is 0 Å². The van der Waals surface area contributed by atoms with Crippen LogP contribution in [-0.4, -0.2) is 23.7 Å². The molecule has 0 saturated carbocycles. The van der Waals surface area contributed by atoms with E-state index in [0.29, 0.717) is 18.5 Å². The summed E-state index contributed by atoms with van der Waals surface area (Å²) in [6.45, 7) is 2.20. The van der Waals surface area contributed by atoms with E-state index in [1.54, 1.807) is 19.1 Å². The number of carbonyl (C=O) groups is 1. The minimum atomic E-state index is -0.379. The Morgan fingerprint density at radius 3 is 2.56 bits per heavy atom. The topological polar surface area (TPSA) is 49.3 Å². The molecule has 1 amide bonds. The van der Waals surface area contributed by atoms with Gasteiger partial charge < -0.3 is 10.4 Å². The quantitative estimate of drug-likeness (QED) is 0.814. The highest BCUT2D eigenvalue weighted by atomic mass is 79.9. The standard InChI is InChI=1S/C12H16BrNO2/c1-9(15)6-7-14-12(16)11-4-2-10(8-13)3-5-11/h2-5,9,15H,6-8H2,1H3,(H,14,16). The van der Waals surface area contributed by atoms with E-state index in [4.69, 9.17) is 5.11 Å². The highest BCUT2D eigenvalue weighted by Gasteiger charge is 2.04. The SMILES string of the molecule is CC(O)CCNC(=O)c1ccc(CBr)cc1. The summed E-state index contributed by atoms with van der Waals surface area (Å²) in [6.07, 6.45) is 0.196. The van der Waals surface area contributed by atoms with Crippen molar-refractivity contribution in [3.05, 3.63) is 35.4 Å². The van der Waals surface area contributed by atoms with Gasteiger partial charge >= 0.3 is 0 Å². The van der Waals surface area contributed by atoms with Crippen molar-refractivity contribution in [2.24, 2.45) is 0 Å². The van der Waals surface area contributed by atoms with Crippen molar-refractivity contribution in [2.45, 2.75) is 24.8 Å². The van der Waals surface area contributed by atoms with Gasteiger partial charge in [-0.3, -0.25) is 4.79 Å². The highest BCUT2D eigenvalue weighted by molar-refractivity contribution is 9.08. The first-order valence-electron chi connectivity index (χ1n) is 5.24. The predicted molar refractivity (Wildman–Crippen MR) is 67.7 cm³/mol. The molecule has 1 rings (SSSR count). The van der Waals surface area contributed by atoms with Gasteiger partial charge in [-0.15, -0.1) is 0 Å². The second kappa shape index (κ2) is 6.66. The van der Waals surface area contributed by atoms with Gasteiger partial charge in [-0.2, -0.15) is 0 Å². The minimum Gasteiger partial charge on any atom is -0.393 e. The lowest BCUT2D eigenvalue weighted by molar-refractivity contribution is 0.0945. The molecule has 0 aliphatic heterocycles. The summed E-state index contributed by atoms with van der Waals surface area (Å²) in [5.41, 5.74) is 1.79. The molecule has 0 aliphatic carbocycles. The van der Waals surface area contributed by atoms with E-state index < -0.39 is 0 Å². The molecule has 0 aromatic heterocycles. The average Bonchev–Trinajstić information content (AvgIpc) is 2.28. The summed E-state index contributed by atoms with van der Waals surface area (Å²) in [5.74, 6) is -0.0956. The second-order valence-corrected chi connectivity index (χ2v) is 4.28. The van der Waals surface area contributed by atoms with Gasteiger partial charge in [0.1, 0.15) is 0 Å². The molecule has 0 heterocycles. The van der Waals surface area contributed by atoms with Gasteiger partial charge in [-0.25, -0.2) is 0 Å². The summed E-state index contributed by atoms with van der Waals surface area (Å²) >= 11 is 3.35. The molecule has 0 radical (unpaired) electrons. The van der Waals surface area contributed by atoms with Crippen molar-refractivity contribution in [3.8, 4) is 0 Å². The number of benzene rings is 1. The van der Waals surface area contributed by atoms with Crippen LogP contribution in [0.4, 0.5) is 0 Å². The number of hydrogen-bond donors (Lipinski definition) is 2. The van der Waals surface area contributed by atoms with Crippen molar-refractivity contribution < 1.29 is 9.90 Å². The number of aliphatic hydroxyl groups excluding tert-OH is 1. The molecule has 0 fully saturated rings.